The van der Waals surface area contributed by atoms with Crippen molar-refractivity contribution in [1.82, 2.24) is 14.0 Å². The second-order valence-electron chi connectivity index (χ2n) is 12.1. The molecular weight excluding hydrogens is 819 g/mol. The van der Waals surface area contributed by atoms with E-state index in [1.165, 1.54) is 31.8 Å². The number of benzene rings is 1. The summed E-state index contributed by atoms with van der Waals surface area (Å²) in [5.41, 5.74) is -1.85. The number of phosphoric ester groups is 2. The van der Waals surface area contributed by atoms with E-state index in [0.29, 0.717) is 9.13 Å². The fraction of sp³-hybridized carbons (Fsp3) is 0.621. The summed E-state index contributed by atoms with van der Waals surface area (Å²) in [6.07, 6.45) is -16.8. The maximum Gasteiger partial charge on any atom is 0.490 e. The number of ketones is 1. The largest absolute Gasteiger partial charge is 0.490 e. The quantitative estimate of drug-likeness (QED) is 0.0615. The average Bonchev–Trinajstić information content (AvgIpc) is 3.41. The molecule has 0 saturated carbocycles. The van der Waals surface area contributed by atoms with Gasteiger partial charge in [-0.15, -0.1) is 0 Å². The van der Waals surface area contributed by atoms with Crippen molar-refractivity contribution in [3.05, 3.63) is 69.0 Å². The highest BCUT2D eigenvalue weighted by molar-refractivity contribution is 7.66. The molecule has 2 fully saturated rings. The third kappa shape index (κ3) is 12.8. The minimum Gasteiger partial charge on any atom is -0.394 e. The monoisotopic (exact) mass is 865 g/mol. The van der Waals surface area contributed by atoms with Crippen LogP contribution in [0.5, 0.6) is 0 Å². The first-order valence-corrected chi connectivity index (χ1v) is 21.3. The average molecular weight is 866 g/mol. The number of ether oxygens (including phenoxy) is 2. The molecule has 12 atom stereocenters. The number of rotatable bonds is 17. The predicted octanol–water partition coefficient (Wildman–Crippen LogP) is -1.97. The van der Waals surface area contributed by atoms with Gasteiger partial charge in [-0.05, 0) is 19.6 Å². The van der Waals surface area contributed by atoms with Crippen molar-refractivity contribution in [2.75, 3.05) is 32.8 Å². The zero-order valence-electron chi connectivity index (χ0n) is 30.1. The lowest BCUT2D eigenvalue weighted by atomic mass is 10.00. The first-order chi connectivity index (χ1) is 26.1. The maximum atomic E-state index is 13.1. The van der Waals surface area contributed by atoms with Crippen LogP contribution in [-0.4, -0.2) is 147 Å². The van der Waals surface area contributed by atoms with Gasteiger partial charge < -0.3 is 59.7 Å². The van der Waals surface area contributed by atoms with Gasteiger partial charge in [-0.2, -0.15) is 8.62 Å². The highest BCUT2D eigenvalue weighted by Gasteiger charge is 2.50. The van der Waals surface area contributed by atoms with Crippen LogP contribution >= 0.6 is 23.5 Å². The van der Waals surface area contributed by atoms with Crippen LogP contribution in [0.1, 0.15) is 37.4 Å². The number of aliphatic hydroxyl groups excluding tert-OH is 6. The Bertz CT molecular complexity index is 1850. The molecule has 0 radical (unpaired) electrons. The van der Waals surface area contributed by atoms with Crippen molar-refractivity contribution < 1.29 is 91.0 Å². The minimum atomic E-state index is -6.10. The maximum absolute atomic E-state index is 13.1. The second kappa shape index (κ2) is 20.5. The summed E-state index contributed by atoms with van der Waals surface area (Å²) in [4.78, 5) is 70.0. The molecule has 0 spiro atoms. The zero-order valence-corrected chi connectivity index (χ0v) is 32.8. The smallest absolute Gasteiger partial charge is 0.394 e. The number of Topliss-reactive ketones (excluding diaryl/α,β-unsaturated/α-hetero) is 1. The van der Waals surface area contributed by atoms with Crippen molar-refractivity contribution in [3.8, 4) is 0 Å². The van der Waals surface area contributed by atoms with E-state index in [1.807, 2.05) is 0 Å². The van der Waals surface area contributed by atoms with E-state index in [9.17, 15) is 73.4 Å². The van der Waals surface area contributed by atoms with Crippen molar-refractivity contribution >= 4 is 29.3 Å². The third-order valence-corrected chi connectivity index (χ3v) is 12.6. The number of hydrogen-bond donors (Lipinski definition) is 9. The standard InChI is InChI=1S/C23H31N2O21P3.C6H15N/c26-9-13-16(29)18(31)20(33)22(43-13)44-48(37,38)46-49(39,40)45-47(35,36)41-10-14-17(30)19(32)21(42-14)24-7-6-15(28)25(23(24)34)8-12(27)11-4-2-1-3-5-11;1-4-7(5-2)6-3/h1-7,13-14,16-22,26,29-33H,8-10H2,(H,35,36)(H,37,38)(H,39,40);4-6H2,1-3H3/t13-,14-,16-,17-,18+,19-,20-,21-,22-;/m1./s1. The number of hydrogen-bond acceptors (Lipinski definition) is 19. The highest BCUT2D eigenvalue weighted by Crippen LogP contribution is 2.68. The summed E-state index contributed by atoms with van der Waals surface area (Å²) < 4.78 is 64.9. The van der Waals surface area contributed by atoms with Crippen molar-refractivity contribution in [1.29, 1.82) is 0 Å². The van der Waals surface area contributed by atoms with Crippen LogP contribution in [0, 0.1) is 0 Å². The molecule has 27 heteroatoms. The van der Waals surface area contributed by atoms with Gasteiger partial charge in [0.25, 0.3) is 5.56 Å². The topological polar surface area (TPSA) is 353 Å². The van der Waals surface area contributed by atoms with Gasteiger partial charge in [0, 0.05) is 17.8 Å². The van der Waals surface area contributed by atoms with E-state index >= 15 is 0 Å². The van der Waals surface area contributed by atoms with Crippen molar-refractivity contribution in [2.45, 2.75) is 82.6 Å². The summed E-state index contributed by atoms with van der Waals surface area (Å²) in [6.45, 7) is 7.23. The highest BCUT2D eigenvalue weighted by atomic mass is 31.3. The van der Waals surface area contributed by atoms with Crippen LogP contribution in [0.3, 0.4) is 0 Å². The Hall–Kier alpha value is -2.38. The van der Waals surface area contributed by atoms with E-state index in [1.54, 1.807) is 18.2 Å². The summed E-state index contributed by atoms with van der Waals surface area (Å²) in [6, 6.07) is 8.52. The molecule has 9 N–H and O–H groups in total. The molecule has 1 aromatic heterocycles. The molecule has 318 valence electrons. The number of carbonyl (C=O) groups excluding carboxylic acids is 1. The molecule has 2 saturated heterocycles. The van der Waals surface area contributed by atoms with E-state index in [2.05, 4.69) is 43.3 Å². The third-order valence-electron chi connectivity index (χ3n) is 8.35. The van der Waals surface area contributed by atoms with Gasteiger partial charge in [0.05, 0.1) is 19.8 Å². The molecule has 0 bridgehead atoms. The van der Waals surface area contributed by atoms with Crippen LogP contribution < -0.4 is 11.2 Å². The van der Waals surface area contributed by atoms with Crippen molar-refractivity contribution in [3.63, 3.8) is 0 Å². The molecule has 56 heavy (non-hydrogen) atoms. The molecule has 3 heterocycles. The van der Waals surface area contributed by atoms with Crippen molar-refractivity contribution in [2.24, 2.45) is 0 Å². The fourth-order valence-electron chi connectivity index (χ4n) is 5.27. The normalized spacial score (nSPS) is 29.8. The Labute approximate surface area is 318 Å². The molecule has 2 aromatic rings. The lowest BCUT2D eigenvalue weighted by Gasteiger charge is -2.39. The van der Waals surface area contributed by atoms with Crippen LogP contribution in [0.2, 0.25) is 0 Å². The zero-order chi connectivity index (χ0) is 42.2. The molecular formula is C29H46N3O21P3. The summed E-state index contributed by atoms with van der Waals surface area (Å²) >= 11 is 0. The summed E-state index contributed by atoms with van der Waals surface area (Å²) in [7, 11) is -17.8. The SMILES string of the molecule is CCN(CC)CC.O=C(Cn1c(=O)ccn([C@@H]2O[C@H](COP(=O)(O)OP(=O)(O)OP(=O)(O)O[C@H]3O[C@H](CO)[C@@H](O)[C@H](O)[C@H]3O)[C@@H](O)[C@H]2O)c1=O)c1ccccc1. The van der Waals surface area contributed by atoms with Crippen LogP contribution in [0.4, 0.5) is 0 Å². The Morgan fingerprint density at radius 1 is 0.768 bits per heavy atom. The first-order valence-electron chi connectivity index (χ1n) is 16.8. The molecule has 4 rings (SSSR count). The van der Waals surface area contributed by atoms with Crippen LogP contribution in [-0.2, 0) is 47.4 Å². The van der Waals surface area contributed by atoms with E-state index in [-0.39, 0.29) is 5.56 Å². The summed E-state index contributed by atoms with van der Waals surface area (Å²) in [5.74, 6) is -0.612. The number of aliphatic hydroxyl groups is 6. The number of phosphoric acid groups is 3. The second-order valence-corrected chi connectivity index (χ2v) is 16.6. The molecule has 2 aliphatic heterocycles. The molecule has 0 amide bonds. The van der Waals surface area contributed by atoms with Gasteiger partial charge >= 0.3 is 29.2 Å². The Morgan fingerprint density at radius 3 is 1.89 bits per heavy atom. The van der Waals surface area contributed by atoms with Gasteiger partial charge in [0.1, 0.15) is 42.7 Å². The van der Waals surface area contributed by atoms with Gasteiger partial charge in [-0.1, -0.05) is 51.1 Å². The number of carbonyl (C=O) groups is 1. The Morgan fingerprint density at radius 2 is 1.34 bits per heavy atom. The number of nitrogens with zero attached hydrogens (tertiary/aromatic N) is 3. The minimum absolute atomic E-state index is 0.186. The van der Waals surface area contributed by atoms with Gasteiger partial charge in [0.2, 0.25) is 0 Å². The van der Waals surface area contributed by atoms with Gasteiger partial charge in [0.15, 0.2) is 18.3 Å². The lowest BCUT2D eigenvalue weighted by molar-refractivity contribution is -0.280. The summed E-state index contributed by atoms with van der Waals surface area (Å²) in [5, 5.41) is 59.5. The molecule has 2 aliphatic rings. The van der Waals surface area contributed by atoms with E-state index in [4.69, 9.17) is 9.47 Å². The molecule has 1 aromatic carbocycles. The van der Waals surface area contributed by atoms with Crippen LogP contribution in [0.15, 0.2) is 52.2 Å². The van der Waals surface area contributed by atoms with Gasteiger partial charge in [-0.3, -0.25) is 27.8 Å². The lowest BCUT2D eigenvalue weighted by Crippen LogP contribution is -2.58. The molecule has 24 nitrogen and oxygen atoms in total. The van der Waals surface area contributed by atoms with E-state index in [0.717, 1.165) is 12.3 Å². The predicted molar refractivity (Wildman–Crippen MR) is 188 cm³/mol. The van der Waals surface area contributed by atoms with E-state index < -0.39 is 116 Å². The van der Waals surface area contributed by atoms with Crippen LogP contribution in [0.25, 0.3) is 0 Å². The first kappa shape index (κ1) is 48.0. The Kier molecular flexibility index (Phi) is 17.6. The Balaban J connectivity index is 0.00000109. The van der Waals surface area contributed by atoms with Gasteiger partial charge in [-0.25, -0.2) is 18.5 Å². The molecule has 0 aliphatic carbocycles. The molecule has 3 unspecified atom stereocenters. The fourth-order valence-corrected chi connectivity index (χ4v) is 8.86. The number of aromatic nitrogens is 2.